The van der Waals surface area contributed by atoms with Crippen LogP contribution in [0.2, 0.25) is 0 Å². The maximum atomic E-state index is 4.87. The van der Waals surface area contributed by atoms with Crippen LogP contribution in [0.25, 0.3) is 0 Å². The van der Waals surface area contributed by atoms with Crippen LogP contribution in [-0.2, 0) is 5.41 Å². The molecule has 0 bridgehead atoms. The SMILES string of the molecule is CC(C)NC(c1cc(Br)cs1)c1nc(C(C)(C)C)cs1. The maximum Gasteiger partial charge on any atom is 0.115 e. The molecule has 0 fully saturated rings. The monoisotopic (exact) mass is 372 g/mol. The molecular formula is C15H21BrN2S2. The molecule has 2 heterocycles. The van der Waals surface area contributed by atoms with Crippen LogP contribution in [0.1, 0.15) is 56.2 Å². The molecule has 0 aliphatic rings. The summed E-state index contributed by atoms with van der Waals surface area (Å²) < 4.78 is 1.14. The Bertz CT molecular complexity index is 566. The molecule has 2 nitrogen and oxygen atoms in total. The van der Waals surface area contributed by atoms with Crippen LogP contribution in [0.4, 0.5) is 0 Å². The van der Waals surface area contributed by atoms with E-state index >= 15 is 0 Å². The highest BCUT2D eigenvalue weighted by molar-refractivity contribution is 9.10. The van der Waals surface area contributed by atoms with Crippen molar-refractivity contribution in [3.05, 3.63) is 36.9 Å². The molecule has 0 saturated heterocycles. The zero-order chi connectivity index (χ0) is 14.9. The summed E-state index contributed by atoms with van der Waals surface area (Å²) in [5, 5.41) is 9.09. The number of aromatic nitrogens is 1. The van der Waals surface area contributed by atoms with Gasteiger partial charge in [0.05, 0.1) is 11.7 Å². The van der Waals surface area contributed by atoms with E-state index in [4.69, 9.17) is 4.98 Å². The lowest BCUT2D eigenvalue weighted by atomic mass is 9.93. The molecule has 0 spiro atoms. The van der Waals surface area contributed by atoms with Crippen molar-refractivity contribution in [1.29, 1.82) is 0 Å². The van der Waals surface area contributed by atoms with Gasteiger partial charge in [0.1, 0.15) is 5.01 Å². The van der Waals surface area contributed by atoms with Crippen LogP contribution in [0.3, 0.4) is 0 Å². The van der Waals surface area contributed by atoms with Crippen molar-refractivity contribution in [2.45, 2.75) is 52.1 Å². The molecule has 2 rings (SSSR count). The normalized spacial score (nSPS) is 13.9. The Hall–Kier alpha value is -0.230. The summed E-state index contributed by atoms with van der Waals surface area (Å²) >= 11 is 7.06. The maximum absolute atomic E-state index is 4.87. The summed E-state index contributed by atoms with van der Waals surface area (Å²) in [5.41, 5.74) is 1.27. The number of hydrogen-bond acceptors (Lipinski definition) is 4. The quantitative estimate of drug-likeness (QED) is 0.781. The topological polar surface area (TPSA) is 24.9 Å². The molecule has 5 heteroatoms. The molecule has 0 saturated carbocycles. The highest BCUT2D eigenvalue weighted by atomic mass is 79.9. The fourth-order valence-corrected chi connectivity index (χ4v) is 4.55. The third kappa shape index (κ3) is 3.91. The Morgan fingerprint density at radius 1 is 1.20 bits per heavy atom. The molecule has 1 N–H and O–H groups in total. The van der Waals surface area contributed by atoms with E-state index < -0.39 is 0 Å². The van der Waals surface area contributed by atoms with Gasteiger partial charge in [-0.15, -0.1) is 22.7 Å². The van der Waals surface area contributed by atoms with Crippen molar-refractivity contribution in [2.75, 3.05) is 0 Å². The number of hydrogen-bond donors (Lipinski definition) is 1. The molecule has 0 aliphatic heterocycles. The standard InChI is InChI=1S/C15H21BrN2S2/c1-9(2)17-13(11-6-10(16)7-19-11)14-18-12(8-20-14)15(3,4)5/h6-9,13,17H,1-5H3. The molecule has 110 valence electrons. The predicted octanol–water partition coefficient (Wildman–Crippen LogP) is 5.35. The van der Waals surface area contributed by atoms with Gasteiger partial charge in [-0.2, -0.15) is 0 Å². The van der Waals surface area contributed by atoms with Gasteiger partial charge in [0, 0.05) is 31.6 Å². The van der Waals surface area contributed by atoms with E-state index in [0.717, 1.165) is 9.48 Å². The minimum absolute atomic E-state index is 0.104. The first-order valence-corrected chi connectivity index (χ1v) is 9.28. The molecule has 0 amide bonds. The van der Waals surface area contributed by atoms with Crippen LogP contribution < -0.4 is 5.32 Å². The molecule has 2 aromatic rings. The second kappa shape index (κ2) is 6.26. The number of nitrogens with one attached hydrogen (secondary N) is 1. The lowest BCUT2D eigenvalue weighted by molar-refractivity contribution is 0.524. The van der Waals surface area contributed by atoms with Crippen LogP contribution in [0.15, 0.2) is 21.3 Å². The minimum Gasteiger partial charge on any atom is -0.301 e. The third-order valence-corrected chi connectivity index (χ3v) is 5.58. The molecule has 1 unspecified atom stereocenters. The fourth-order valence-electron chi connectivity index (χ4n) is 1.85. The summed E-state index contributed by atoms with van der Waals surface area (Å²) in [7, 11) is 0. The highest BCUT2D eigenvalue weighted by Crippen LogP contribution is 2.34. The second-order valence-electron chi connectivity index (χ2n) is 6.24. The molecule has 20 heavy (non-hydrogen) atoms. The second-order valence-corrected chi connectivity index (χ2v) is 8.99. The van der Waals surface area contributed by atoms with E-state index in [2.05, 4.69) is 72.7 Å². The average Bonchev–Trinajstić information content (AvgIpc) is 2.93. The van der Waals surface area contributed by atoms with E-state index in [0.29, 0.717) is 6.04 Å². The van der Waals surface area contributed by atoms with Gasteiger partial charge in [0.25, 0.3) is 0 Å². The Labute approximate surface area is 137 Å². The van der Waals surface area contributed by atoms with Crippen LogP contribution in [0, 0.1) is 0 Å². The molecule has 0 radical (unpaired) electrons. The summed E-state index contributed by atoms with van der Waals surface area (Å²) in [5.74, 6) is 0. The van der Waals surface area contributed by atoms with Crippen LogP contribution in [-0.4, -0.2) is 11.0 Å². The number of thiophene rings is 1. The van der Waals surface area contributed by atoms with Gasteiger partial charge in [-0.25, -0.2) is 4.98 Å². The molecule has 0 aromatic carbocycles. The van der Waals surface area contributed by atoms with Crippen molar-refractivity contribution in [2.24, 2.45) is 0 Å². The molecule has 1 atom stereocenters. The summed E-state index contributed by atoms with van der Waals surface area (Å²) in [6, 6.07) is 2.79. The number of halogens is 1. The fraction of sp³-hybridized carbons (Fsp3) is 0.533. The first-order valence-electron chi connectivity index (χ1n) is 6.73. The largest absolute Gasteiger partial charge is 0.301 e. The van der Waals surface area contributed by atoms with Crippen molar-refractivity contribution < 1.29 is 0 Å². The Morgan fingerprint density at radius 2 is 1.90 bits per heavy atom. The molecule has 0 aliphatic carbocycles. The predicted molar refractivity (Wildman–Crippen MR) is 92.9 cm³/mol. The lowest BCUT2D eigenvalue weighted by Crippen LogP contribution is -2.28. The van der Waals surface area contributed by atoms with Crippen LogP contribution >= 0.6 is 38.6 Å². The minimum atomic E-state index is 0.104. The number of thiazole rings is 1. The van der Waals surface area contributed by atoms with Crippen molar-refractivity contribution in [1.82, 2.24) is 10.3 Å². The van der Waals surface area contributed by atoms with Gasteiger partial charge >= 0.3 is 0 Å². The molecule has 2 aromatic heterocycles. The Morgan fingerprint density at radius 3 is 2.35 bits per heavy atom. The summed E-state index contributed by atoms with van der Waals surface area (Å²) in [4.78, 5) is 6.17. The van der Waals surface area contributed by atoms with Gasteiger partial charge < -0.3 is 5.32 Å². The Kier molecular flexibility index (Phi) is 5.05. The van der Waals surface area contributed by atoms with E-state index in [9.17, 15) is 0 Å². The molecular weight excluding hydrogens is 352 g/mol. The number of nitrogens with zero attached hydrogens (tertiary/aromatic N) is 1. The van der Waals surface area contributed by atoms with E-state index in [1.807, 2.05) is 0 Å². The van der Waals surface area contributed by atoms with Crippen LogP contribution in [0.5, 0.6) is 0 Å². The third-order valence-electron chi connectivity index (χ3n) is 2.91. The van der Waals surface area contributed by atoms with Crippen molar-refractivity contribution in [3.63, 3.8) is 0 Å². The van der Waals surface area contributed by atoms with Gasteiger partial charge in [0.15, 0.2) is 0 Å². The van der Waals surface area contributed by atoms with Gasteiger partial charge in [-0.05, 0) is 35.8 Å². The van der Waals surface area contributed by atoms with E-state index in [-0.39, 0.29) is 11.5 Å². The number of rotatable bonds is 4. The van der Waals surface area contributed by atoms with Gasteiger partial charge in [0.2, 0.25) is 0 Å². The summed E-state index contributed by atoms with van der Waals surface area (Å²) in [6.45, 7) is 11.0. The zero-order valence-electron chi connectivity index (χ0n) is 12.5. The zero-order valence-corrected chi connectivity index (χ0v) is 15.7. The Balaban J connectivity index is 2.34. The van der Waals surface area contributed by atoms with Crippen molar-refractivity contribution >= 4 is 38.6 Å². The average molecular weight is 373 g/mol. The van der Waals surface area contributed by atoms with Gasteiger partial charge in [-0.3, -0.25) is 0 Å². The van der Waals surface area contributed by atoms with E-state index in [1.54, 1.807) is 22.7 Å². The first-order chi connectivity index (χ1) is 9.27. The first kappa shape index (κ1) is 16.1. The van der Waals surface area contributed by atoms with Crippen molar-refractivity contribution in [3.8, 4) is 0 Å². The van der Waals surface area contributed by atoms with E-state index in [1.165, 1.54) is 10.6 Å². The lowest BCUT2D eigenvalue weighted by Gasteiger charge is -2.19. The summed E-state index contributed by atoms with van der Waals surface area (Å²) in [6.07, 6.45) is 0. The van der Waals surface area contributed by atoms with Gasteiger partial charge in [-0.1, -0.05) is 20.8 Å². The highest BCUT2D eigenvalue weighted by Gasteiger charge is 2.23. The smallest absolute Gasteiger partial charge is 0.115 e.